The van der Waals surface area contributed by atoms with Gasteiger partial charge in [-0.15, -0.1) is 23.7 Å². The highest BCUT2D eigenvalue weighted by Crippen LogP contribution is 2.32. The molecule has 3 heterocycles. The summed E-state index contributed by atoms with van der Waals surface area (Å²) in [4.78, 5) is 32.7. The van der Waals surface area contributed by atoms with Crippen molar-refractivity contribution in [2.75, 3.05) is 6.54 Å². The Bertz CT molecular complexity index is 1310. The number of aromatic nitrogens is 2. The van der Waals surface area contributed by atoms with E-state index in [0.29, 0.717) is 15.9 Å². The second-order valence-corrected chi connectivity index (χ2v) is 8.31. The van der Waals surface area contributed by atoms with Crippen molar-refractivity contribution in [2.45, 2.75) is 19.5 Å². The number of nitrogens with zero attached hydrogens (tertiary/aromatic N) is 2. The van der Waals surface area contributed by atoms with Crippen LogP contribution in [0, 0.1) is 5.82 Å². The first-order chi connectivity index (χ1) is 14.1. The SMILES string of the molecule is Cl.O=c1[nH]c2sc3c(c2c(=O)n1-c1ccc(F)cc1)CCN(Cc1ccccc1)C3. The number of hydrogen-bond acceptors (Lipinski definition) is 4. The summed E-state index contributed by atoms with van der Waals surface area (Å²) in [5.74, 6) is -0.411. The molecular formula is C22H19ClFN3O2S. The standard InChI is InChI=1S/C22H18FN3O2S.ClH/c23-15-6-8-16(9-7-15)26-21(27)19-17-10-11-25(12-14-4-2-1-3-5-14)13-18(17)29-20(19)24-22(26)28;/h1-9H,10-13H2,(H,24,28);1H. The van der Waals surface area contributed by atoms with Gasteiger partial charge in [-0.3, -0.25) is 14.7 Å². The Balaban J connectivity index is 0.00000218. The molecule has 1 aliphatic heterocycles. The zero-order chi connectivity index (χ0) is 20.0. The van der Waals surface area contributed by atoms with E-state index in [-0.39, 0.29) is 18.0 Å². The Hall–Kier alpha value is -2.74. The summed E-state index contributed by atoms with van der Waals surface area (Å²) in [6.07, 6.45) is 0.757. The van der Waals surface area contributed by atoms with Gasteiger partial charge in [-0.25, -0.2) is 13.8 Å². The number of benzene rings is 2. The maximum atomic E-state index is 13.2. The molecular weight excluding hydrogens is 425 g/mol. The Morgan fingerprint density at radius 1 is 1.03 bits per heavy atom. The van der Waals surface area contributed by atoms with Crippen LogP contribution in [0.1, 0.15) is 16.0 Å². The molecule has 0 unspecified atom stereocenters. The highest BCUT2D eigenvalue weighted by molar-refractivity contribution is 7.18. The fraction of sp³-hybridized carbons (Fsp3) is 0.182. The molecule has 2 aromatic heterocycles. The van der Waals surface area contributed by atoms with E-state index < -0.39 is 11.5 Å². The van der Waals surface area contributed by atoms with Gasteiger partial charge in [0.15, 0.2) is 0 Å². The van der Waals surface area contributed by atoms with E-state index in [2.05, 4.69) is 22.0 Å². The van der Waals surface area contributed by atoms with Crippen LogP contribution >= 0.6 is 23.7 Å². The Morgan fingerprint density at radius 2 is 1.77 bits per heavy atom. The van der Waals surface area contributed by atoms with Crippen molar-refractivity contribution in [1.29, 1.82) is 0 Å². The maximum Gasteiger partial charge on any atom is 0.334 e. The Morgan fingerprint density at radius 3 is 2.50 bits per heavy atom. The zero-order valence-corrected chi connectivity index (χ0v) is 17.6. The molecule has 0 aliphatic carbocycles. The number of H-pyrrole nitrogens is 1. The van der Waals surface area contributed by atoms with Crippen molar-refractivity contribution in [1.82, 2.24) is 14.5 Å². The molecule has 0 radical (unpaired) electrons. The van der Waals surface area contributed by atoms with E-state index in [0.717, 1.165) is 41.1 Å². The number of hydrogen-bond donors (Lipinski definition) is 1. The van der Waals surface area contributed by atoms with Gasteiger partial charge < -0.3 is 0 Å². The van der Waals surface area contributed by atoms with Crippen molar-refractivity contribution in [2.24, 2.45) is 0 Å². The Kier molecular flexibility index (Phi) is 5.60. The van der Waals surface area contributed by atoms with Crippen LogP contribution < -0.4 is 11.2 Å². The quantitative estimate of drug-likeness (QED) is 0.523. The molecule has 5 rings (SSSR count). The topological polar surface area (TPSA) is 58.1 Å². The van der Waals surface area contributed by atoms with Crippen LogP contribution in [0.4, 0.5) is 4.39 Å². The van der Waals surface area contributed by atoms with E-state index in [1.807, 2.05) is 18.2 Å². The molecule has 2 aromatic carbocycles. The fourth-order valence-corrected chi connectivity index (χ4v) is 5.20. The predicted octanol–water partition coefficient (Wildman–Crippen LogP) is 3.86. The van der Waals surface area contributed by atoms with Gasteiger partial charge in [0.25, 0.3) is 5.56 Å². The summed E-state index contributed by atoms with van der Waals surface area (Å²) in [5, 5.41) is 0.577. The largest absolute Gasteiger partial charge is 0.334 e. The van der Waals surface area contributed by atoms with Crippen LogP contribution in [0.5, 0.6) is 0 Å². The third-order valence-corrected chi connectivity index (χ3v) is 6.44. The van der Waals surface area contributed by atoms with Gasteiger partial charge in [-0.1, -0.05) is 30.3 Å². The van der Waals surface area contributed by atoms with Crippen molar-refractivity contribution < 1.29 is 4.39 Å². The van der Waals surface area contributed by atoms with E-state index >= 15 is 0 Å². The third-order valence-electron chi connectivity index (χ3n) is 5.31. The molecule has 8 heteroatoms. The lowest BCUT2D eigenvalue weighted by molar-refractivity contribution is 0.249. The Labute approximate surface area is 181 Å². The molecule has 1 aliphatic rings. The molecule has 0 saturated carbocycles. The first-order valence-electron chi connectivity index (χ1n) is 9.42. The summed E-state index contributed by atoms with van der Waals surface area (Å²) in [7, 11) is 0. The molecule has 0 fully saturated rings. The maximum absolute atomic E-state index is 13.2. The highest BCUT2D eigenvalue weighted by atomic mass is 35.5. The smallest absolute Gasteiger partial charge is 0.298 e. The molecule has 4 aromatic rings. The van der Waals surface area contributed by atoms with Crippen LogP contribution in [0.25, 0.3) is 15.9 Å². The van der Waals surface area contributed by atoms with Crippen molar-refractivity contribution in [3.8, 4) is 5.69 Å². The van der Waals surface area contributed by atoms with Crippen LogP contribution in [-0.4, -0.2) is 21.0 Å². The van der Waals surface area contributed by atoms with Gasteiger partial charge in [-0.05, 0) is 41.8 Å². The lowest BCUT2D eigenvalue weighted by Gasteiger charge is -2.26. The lowest BCUT2D eigenvalue weighted by atomic mass is 10.0. The number of aromatic amines is 1. The monoisotopic (exact) mass is 443 g/mol. The number of nitrogens with one attached hydrogen (secondary N) is 1. The van der Waals surface area contributed by atoms with E-state index in [9.17, 15) is 14.0 Å². The number of thiophene rings is 1. The van der Waals surface area contributed by atoms with Gasteiger partial charge in [0.1, 0.15) is 10.6 Å². The molecule has 5 nitrogen and oxygen atoms in total. The minimum absolute atomic E-state index is 0. The van der Waals surface area contributed by atoms with Crippen LogP contribution in [-0.2, 0) is 19.5 Å². The molecule has 0 bridgehead atoms. The lowest BCUT2D eigenvalue weighted by Crippen LogP contribution is -2.34. The molecule has 0 spiro atoms. The third kappa shape index (κ3) is 3.60. The second-order valence-electron chi connectivity index (χ2n) is 7.20. The first kappa shape index (κ1) is 20.5. The van der Waals surface area contributed by atoms with Gasteiger partial charge in [0.2, 0.25) is 0 Å². The summed E-state index contributed by atoms with van der Waals surface area (Å²) in [6.45, 7) is 2.45. The van der Waals surface area contributed by atoms with Gasteiger partial charge in [0, 0.05) is 24.5 Å². The van der Waals surface area contributed by atoms with Gasteiger partial charge >= 0.3 is 5.69 Å². The molecule has 0 amide bonds. The van der Waals surface area contributed by atoms with Crippen molar-refractivity contribution in [3.63, 3.8) is 0 Å². The molecule has 0 atom stereocenters. The number of fused-ring (bicyclic) bond motifs is 3. The van der Waals surface area contributed by atoms with Gasteiger partial charge in [-0.2, -0.15) is 0 Å². The predicted molar refractivity (Wildman–Crippen MR) is 120 cm³/mol. The zero-order valence-electron chi connectivity index (χ0n) is 15.9. The van der Waals surface area contributed by atoms with E-state index in [1.165, 1.54) is 41.2 Å². The second kappa shape index (κ2) is 8.18. The molecule has 1 N–H and O–H groups in total. The highest BCUT2D eigenvalue weighted by Gasteiger charge is 2.24. The van der Waals surface area contributed by atoms with E-state index in [1.54, 1.807) is 0 Å². The number of halogens is 2. The fourth-order valence-electron chi connectivity index (χ4n) is 3.93. The summed E-state index contributed by atoms with van der Waals surface area (Å²) in [6, 6.07) is 15.7. The molecule has 0 saturated heterocycles. The minimum Gasteiger partial charge on any atom is -0.298 e. The summed E-state index contributed by atoms with van der Waals surface area (Å²) < 4.78 is 14.3. The summed E-state index contributed by atoms with van der Waals surface area (Å²) in [5.41, 5.74) is 1.79. The number of rotatable bonds is 3. The molecule has 154 valence electrons. The van der Waals surface area contributed by atoms with Crippen molar-refractivity contribution in [3.05, 3.63) is 97.3 Å². The average molecular weight is 444 g/mol. The van der Waals surface area contributed by atoms with Crippen molar-refractivity contribution >= 4 is 34.0 Å². The normalized spacial score (nSPS) is 13.8. The molecule has 30 heavy (non-hydrogen) atoms. The first-order valence-corrected chi connectivity index (χ1v) is 10.2. The van der Waals surface area contributed by atoms with Crippen LogP contribution in [0.2, 0.25) is 0 Å². The van der Waals surface area contributed by atoms with Crippen LogP contribution in [0.15, 0.2) is 64.2 Å². The summed E-state index contributed by atoms with van der Waals surface area (Å²) >= 11 is 1.48. The van der Waals surface area contributed by atoms with Crippen LogP contribution in [0.3, 0.4) is 0 Å². The average Bonchev–Trinajstić information content (AvgIpc) is 3.07. The minimum atomic E-state index is -0.506. The van der Waals surface area contributed by atoms with E-state index in [4.69, 9.17) is 0 Å². The van der Waals surface area contributed by atoms with Gasteiger partial charge in [0.05, 0.1) is 11.1 Å².